The van der Waals surface area contributed by atoms with Crippen molar-refractivity contribution in [2.75, 3.05) is 31.1 Å². The Bertz CT molecular complexity index is 900. The van der Waals surface area contributed by atoms with Crippen LogP contribution >= 0.6 is 0 Å². The molecule has 0 aliphatic carbocycles. The Kier molecular flexibility index (Phi) is 4.68. The smallest absolute Gasteiger partial charge is 0.347 e. The minimum absolute atomic E-state index is 0.0395. The number of nitrogens with zero attached hydrogens (tertiary/aromatic N) is 2. The SMILES string of the molecule is O=C1CCC([N+]2([O-])Cc3c(cccc3N3CCC4(CCNCC4)CC3)C2=O)C(=O)N1. The first kappa shape index (κ1) is 19.7. The summed E-state index contributed by atoms with van der Waals surface area (Å²) >= 11 is 0. The van der Waals surface area contributed by atoms with Crippen LogP contribution in [0.4, 0.5) is 5.69 Å². The second kappa shape index (κ2) is 7.14. The second-order valence-corrected chi connectivity index (χ2v) is 9.27. The number of carbonyl (C=O) groups excluding carboxylic acids is 3. The van der Waals surface area contributed by atoms with Gasteiger partial charge in [-0.15, -0.1) is 0 Å². The Labute approximate surface area is 175 Å². The molecule has 8 heteroatoms. The molecular formula is C22H28N4O4. The van der Waals surface area contributed by atoms with Crippen molar-refractivity contribution >= 4 is 23.4 Å². The predicted molar refractivity (Wildman–Crippen MR) is 110 cm³/mol. The summed E-state index contributed by atoms with van der Waals surface area (Å²) in [7, 11) is 0. The lowest BCUT2D eigenvalue weighted by molar-refractivity contribution is -0.825. The molecule has 4 aliphatic rings. The Morgan fingerprint density at radius 3 is 2.50 bits per heavy atom. The van der Waals surface area contributed by atoms with Crippen molar-refractivity contribution in [2.24, 2.45) is 5.41 Å². The van der Waals surface area contributed by atoms with Gasteiger partial charge in [-0.2, -0.15) is 0 Å². The van der Waals surface area contributed by atoms with Crippen molar-refractivity contribution in [2.45, 2.75) is 51.1 Å². The quantitative estimate of drug-likeness (QED) is 0.433. The van der Waals surface area contributed by atoms with Gasteiger partial charge in [0.2, 0.25) is 5.91 Å². The third kappa shape index (κ3) is 3.05. The molecule has 5 rings (SSSR count). The van der Waals surface area contributed by atoms with E-state index in [1.165, 1.54) is 12.8 Å². The number of carbonyl (C=O) groups is 3. The minimum Gasteiger partial charge on any atom is -0.624 e. The molecule has 1 aromatic carbocycles. The van der Waals surface area contributed by atoms with E-state index in [9.17, 15) is 19.6 Å². The topological polar surface area (TPSA) is 102 Å². The predicted octanol–water partition coefficient (Wildman–Crippen LogP) is 1.43. The number of quaternary nitrogens is 1. The summed E-state index contributed by atoms with van der Waals surface area (Å²) in [6.45, 7) is 3.96. The maximum Gasteiger partial charge on any atom is 0.347 e. The molecule has 0 radical (unpaired) electrons. The zero-order chi connectivity index (χ0) is 20.9. The van der Waals surface area contributed by atoms with Gasteiger partial charge in [-0.3, -0.25) is 19.6 Å². The first-order valence-corrected chi connectivity index (χ1v) is 11.0. The Morgan fingerprint density at radius 2 is 1.80 bits per heavy atom. The molecular weight excluding hydrogens is 384 g/mol. The number of imide groups is 1. The molecule has 0 aromatic heterocycles. The van der Waals surface area contributed by atoms with Crippen molar-refractivity contribution in [1.29, 1.82) is 0 Å². The van der Waals surface area contributed by atoms with Gasteiger partial charge in [0.1, 0.15) is 6.54 Å². The third-order valence-electron chi connectivity index (χ3n) is 7.66. The summed E-state index contributed by atoms with van der Waals surface area (Å²) in [6.07, 6.45) is 4.87. The van der Waals surface area contributed by atoms with Crippen LogP contribution in [-0.2, 0) is 16.1 Å². The highest BCUT2D eigenvalue weighted by Gasteiger charge is 2.50. The fourth-order valence-electron chi connectivity index (χ4n) is 5.76. The van der Waals surface area contributed by atoms with Crippen LogP contribution in [0.3, 0.4) is 0 Å². The maximum absolute atomic E-state index is 13.6. The third-order valence-corrected chi connectivity index (χ3v) is 7.66. The molecule has 2 unspecified atom stereocenters. The largest absolute Gasteiger partial charge is 0.624 e. The molecule has 0 bridgehead atoms. The molecule has 160 valence electrons. The van der Waals surface area contributed by atoms with E-state index in [1.54, 1.807) is 6.07 Å². The van der Waals surface area contributed by atoms with Crippen molar-refractivity contribution in [1.82, 2.24) is 10.6 Å². The van der Waals surface area contributed by atoms with Crippen LogP contribution in [-0.4, -0.2) is 54.6 Å². The van der Waals surface area contributed by atoms with Gasteiger partial charge in [0.25, 0.3) is 5.91 Å². The van der Waals surface area contributed by atoms with E-state index in [4.69, 9.17) is 0 Å². The molecule has 0 saturated carbocycles. The molecule has 1 spiro atoms. The van der Waals surface area contributed by atoms with Crippen LogP contribution in [0.15, 0.2) is 18.2 Å². The number of benzene rings is 1. The molecule has 3 saturated heterocycles. The first-order valence-electron chi connectivity index (χ1n) is 11.0. The van der Waals surface area contributed by atoms with Gasteiger partial charge in [0.15, 0.2) is 6.04 Å². The zero-order valence-corrected chi connectivity index (χ0v) is 17.1. The van der Waals surface area contributed by atoms with Gasteiger partial charge >= 0.3 is 5.91 Å². The monoisotopic (exact) mass is 412 g/mol. The van der Waals surface area contributed by atoms with Crippen molar-refractivity contribution in [3.63, 3.8) is 0 Å². The summed E-state index contributed by atoms with van der Waals surface area (Å²) in [5, 5.41) is 19.3. The highest BCUT2D eigenvalue weighted by Crippen LogP contribution is 2.43. The lowest BCUT2D eigenvalue weighted by atomic mass is 9.71. The molecule has 30 heavy (non-hydrogen) atoms. The standard InChI is InChI=1S/C22H28N4O4/c27-19-5-4-18(20(28)24-19)26(30)14-16-15(21(26)29)2-1-3-17(16)25-12-8-22(9-13-25)6-10-23-11-7-22/h1-3,18,23H,4-14H2,(H,24,27,28). The van der Waals surface area contributed by atoms with Crippen molar-refractivity contribution in [3.05, 3.63) is 34.5 Å². The molecule has 2 N–H and O–H groups in total. The summed E-state index contributed by atoms with van der Waals surface area (Å²) in [6, 6.07) is 4.46. The van der Waals surface area contributed by atoms with Gasteiger partial charge in [0, 0.05) is 37.2 Å². The molecule has 3 fully saturated rings. The highest BCUT2D eigenvalue weighted by molar-refractivity contribution is 6.02. The zero-order valence-electron chi connectivity index (χ0n) is 17.1. The number of amides is 3. The first-order chi connectivity index (χ1) is 14.4. The normalized spacial score (nSPS) is 31.0. The molecule has 4 aliphatic heterocycles. The van der Waals surface area contributed by atoms with E-state index in [-0.39, 0.29) is 25.3 Å². The van der Waals surface area contributed by atoms with Crippen LogP contribution in [0.1, 0.15) is 54.4 Å². The lowest BCUT2D eigenvalue weighted by Crippen LogP contribution is -2.60. The van der Waals surface area contributed by atoms with Crippen molar-refractivity contribution < 1.29 is 19.0 Å². The number of piperidine rings is 3. The van der Waals surface area contributed by atoms with E-state index in [0.717, 1.165) is 50.3 Å². The number of hydroxylamine groups is 3. The average Bonchev–Trinajstić information content (AvgIpc) is 3.00. The Hall–Kier alpha value is -2.29. The molecule has 4 heterocycles. The number of hydrogen-bond donors (Lipinski definition) is 2. The van der Waals surface area contributed by atoms with E-state index < -0.39 is 22.5 Å². The van der Waals surface area contributed by atoms with Gasteiger partial charge in [-0.05, 0) is 56.3 Å². The van der Waals surface area contributed by atoms with Gasteiger partial charge in [-0.1, -0.05) is 6.07 Å². The number of fused-ring (bicyclic) bond motifs is 1. The van der Waals surface area contributed by atoms with Gasteiger partial charge < -0.3 is 15.4 Å². The number of hydrogen-bond acceptors (Lipinski definition) is 6. The molecule has 3 amide bonds. The van der Waals surface area contributed by atoms with Crippen molar-refractivity contribution in [3.8, 4) is 0 Å². The summed E-state index contributed by atoms with van der Waals surface area (Å²) in [5.74, 6) is -1.57. The van der Waals surface area contributed by atoms with E-state index in [0.29, 0.717) is 11.0 Å². The van der Waals surface area contributed by atoms with Gasteiger partial charge in [0.05, 0.1) is 5.56 Å². The maximum atomic E-state index is 13.6. The van der Waals surface area contributed by atoms with Crippen LogP contribution in [0.5, 0.6) is 0 Å². The molecule has 8 nitrogen and oxygen atoms in total. The van der Waals surface area contributed by atoms with Gasteiger partial charge in [-0.25, -0.2) is 4.79 Å². The average molecular weight is 412 g/mol. The lowest BCUT2D eigenvalue weighted by Gasteiger charge is -2.45. The fraction of sp³-hybridized carbons (Fsp3) is 0.591. The van der Waals surface area contributed by atoms with E-state index in [2.05, 4.69) is 15.5 Å². The highest BCUT2D eigenvalue weighted by atomic mass is 16.6. The van der Waals surface area contributed by atoms with Crippen LogP contribution < -0.4 is 15.5 Å². The Morgan fingerprint density at radius 1 is 1.07 bits per heavy atom. The summed E-state index contributed by atoms with van der Waals surface area (Å²) in [5.41, 5.74) is 2.55. The number of nitrogens with one attached hydrogen (secondary N) is 2. The number of rotatable bonds is 2. The van der Waals surface area contributed by atoms with Crippen LogP contribution in [0.2, 0.25) is 0 Å². The Balaban J connectivity index is 1.39. The van der Waals surface area contributed by atoms with E-state index >= 15 is 0 Å². The minimum atomic E-state index is -1.21. The van der Waals surface area contributed by atoms with Crippen LogP contribution in [0, 0.1) is 10.6 Å². The second-order valence-electron chi connectivity index (χ2n) is 9.27. The van der Waals surface area contributed by atoms with E-state index in [1.807, 2.05) is 12.1 Å². The van der Waals surface area contributed by atoms with Crippen LogP contribution in [0.25, 0.3) is 0 Å². The molecule has 1 aromatic rings. The summed E-state index contributed by atoms with van der Waals surface area (Å²) in [4.78, 5) is 39.2. The fourth-order valence-corrected chi connectivity index (χ4v) is 5.76. The molecule has 2 atom stereocenters. The number of anilines is 1. The summed E-state index contributed by atoms with van der Waals surface area (Å²) < 4.78 is -1.21.